The summed E-state index contributed by atoms with van der Waals surface area (Å²) in [6.45, 7) is 4.38. The average molecular weight is 198 g/mol. The van der Waals surface area contributed by atoms with Gasteiger partial charge in [-0.1, -0.05) is 17.7 Å². The molecule has 0 heterocycles. The molecule has 0 spiro atoms. The molecule has 3 heteroatoms. The molecule has 0 saturated carbocycles. The van der Waals surface area contributed by atoms with Crippen LogP contribution in [0.2, 0.25) is 0 Å². The van der Waals surface area contributed by atoms with Gasteiger partial charge in [0.05, 0.1) is 6.61 Å². The van der Waals surface area contributed by atoms with Gasteiger partial charge in [0.1, 0.15) is 12.4 Å². The minimum Gasteiger partial charge on any atom is -0.491 e. The Morgan fingerprint density at radius 2 is 1.64 bits per heavy atom. The third-order valence-corrected chi connectivity index (χ3v) is 1.38. The standard InChI is InChI=1S/C9H12O2.C2H6O/c1-8-2-4-9(5-3-8)11-7-6-10;1-2-3/h2-5,10H,6-7H2,1H3;3H,2H2,1H3. The van der Waals surface area contributed by atoms with Crippen LogP contribution in [0.5, 0.6) is 5.75 Å². The van der Waals surface area contributed by atoms with Crippen molar-refractivity contribution in [3.63, 3.8) is 0 Å². The molecular weight excluding hydrogens is 180 g/mol. The van der Waals surface area contributed by atoms with Crippen molar-refractivity contribution in [1.82, 2.24) is 0 Å². The van der Waals surface area contributed by atoms with E-state index in [1.807, 2.05) is 31.2 Å². The molecule has 14 heavy (non-hydrogen) atoms. The first-order chi connectivity index (χ1) is 6.74. The molecule has 0 bridgehead atoms. The van der Waals surface area contributed by atoms with Crippen LogP contribution < -0.4 is 4.74 Å². The molecule has 0 aromatic heterocycles. The Morgan fingerprint density at radius 3 is 2.07 bits per heavy atom. The largest absolute Gasteiger partial charge is 0.491 e. The molecule has 0 aliphatic heterocycles. The van der Waals surface area contributed by atoms with Crippen LogP contribution in [0.15, 0.2) is 24.3 Å². The van der Waals surface area contributed by atoms with E-state index in [1.54, 1.807) is 6.92 Å². The highest BCUT2D eigenvalue weighted by Gasteiger charge is 1.90. The number of aliphatic hydroxyl groups excluding tert-OH is 2. The first-order valence-electron chi connectivity index (χ1n) is 4.65. The van der Waals surface area contributed by atoms with E-state index in [0.29, 0.717) is 6.61 Å². The lowest BCUT2D eigenvalue weighted by atomic mass is 10.2. The average Bonchev–Trinajstić information content (AvgIpc) is 2.18. The van der Waals surface area contributed by atoms with Gasteiger partial charge in [-0.15, -0.1) is 0 Å². The number of aryl methyl sites for hydroxylation is 1. The van der Waals surface area contributed by atoms with Gasteiger partial charge in [-0.2, -0.15) is 0 Å². The molecular formula is C11H18O3. The van der Waals surface area contributed by atoms with Crippen molar-refractivity contribution < 1.29 is 14.9 Å². The molecule has 1 aromatic carbocycles. The zero-order valence-electron chi connectivity index (χ0n) is 8.73. The van der Waals surface area contributed by atoms with E-state index in [2.05, 4.69) is 0 Å². The number of hydrogen-bond donors (Lipinski definition) is 2. The fraction of sp³-hybridized carbons (Fsp3) is 0.455. The Morgan fingerprint density at radius 1 is 1.14 bits per heavy atom. The van der Waals surface area contributed by atoms with Gasteiger partial charge in [-0.05, 0) is 26.0 Å². The highest BCUT2D eigenvalue weighted by atomic mass is 16.5. The topological polar surface area (TPSA) is 49.7 Å². The van der Waals surface area contributed by atoms with Crippen LogP contribution in [0, 0.1) is 6.92 Å². The maximum absolute atomic E-state index is 8.46. The Labute approximate surface area is 85.0 Å². The first-order valence-corrected chi connectivity index (χ1v) is 4.65. The molecule has 3 nitrogen and oxygen atoms in total. The van der Waals surface area contributed by atoms with E-state index in [9.17, 15) is 0 Å². The molecule has 80 valence electrons. The molecule has 0 amide bonds. The van der Waals surface area contributed by atoms with Crippen LogP contribution in [-0.4, -0.2) is 30.0 Å². The molecule has 0 aliphatic carbocycles. The van der Waals surface area contributed by atoms with Gasteiger partial charge in [-0.3, -0.25) is 0 Å². The Balaban J connectivity index is 0.000000500. The number of rotatable bonds is 3. The van der Waals surface area contributed by atoms with Gasteiger partial charge < -0.3 is 14.9 Å². The fourth-order valence-corrected chi connectivity index (χ4v) is 0.798. The van der Waals surface area contributed by atoms with Crippen molar-refractivity contribution in [2.45, 2.75) is 13.8 Å². The summed E-state index contributed by atoms with van der Waals surface area (Å²) in [5.74, 6) is 0.810. The summed E-state index contributed by atoms with van der Waals surface area (Å²) in [6.07, 6.45) is 0. The van der Waals surface area contributed by atoms with Crippen LogP contribution in [0.4, 0.5) is 0 Å². The summed E-state index contributed by atoms with van der Waals surface area (Å²) in [6, 6.07) is 7.75. The minimum absolute atomic E-state index is 0.0634. The quantitative estimate of drug-likeness (QED) is 0.771. The Bertz CT molecular complexity index is 218. The minimum atomic E-state index is 0.0634. The lowest BCUT2D eigenvalue weighted by Crippen LogP contribution is -2.01. The third-order valence-electron chi connectivity index (χ3n) is 1.38. The summed E-state index contributed by atoms with van der Waals surface area (Å²) >= 11 is 0. The molecule has 2 N–H and O–H groups in total. The van der Waals surface area contributed by atoms with Crippen molar-refractivity contribution in [2.24, 2.45) is 0 Å². The van der Waals surface area contributed by atoms with Gasteiger partial charge in [0.2, 0.25) is 0 Å². The second-order valence-corrected chi connectivity index (χ2v) is 2.70. The van der Waals surface area contributed by atoms with Crippen molar-refractivity contribution in [3.05, 3.63) is 29.8 Å². The highest BCUT2D eigenvalue weighted by molar-refractivity contribution is 5.26. The van der Waals surface area contributed by atoms with Crippen LogP contribution in [0.25, 0.3) is 0 Å². The summed E-state index contributed by atoms with van der Waals surface area (Å²) in [5.41, 5.74) is 1.21. The number of aliphatic hydroxyl groups is 2. The van der Waals surface area contributed by atoms with Crippen molar-refractivity contribution in [3.8, 4) is 5.75 Å². The molecule has 1 rings (SSSR count). The van der Waals surface area contributed by atoms with Crippen LogP contribution in [0.1, 0.15) is 12.5 Å². The fourth-order valence-electron chi connectivity index (χ4n) is 0.798. The molecule has 0 saturated heterocycles. The molecule has 0 aliphatic rings. The van der Waals surface area contributed by atoms with Crippen molar-refractivity contribution in [1.29, 1.82) is 0 Å². The van der Waals surface area contributed by atoms with Crippen molar-refractivity contribution in [2.75, 3.05) is 19.8 Å². The van der Waals surface area contributed by atoms with E-state index in [4.69, 9.17) is 14.9 Å². The summed E-state index contributed by atoms with van der Waals surface area (Å²) < 4.78 is 5.16. The second kappa shape index (κ2) is 8.53. The highest BCUT2D eigenvalue weighted by Crippen LogP contribution is 2.10. The number of hydrogen-bond acceptors (Lipinski definition) is 3. The number of ether oxygens (including phenoxy) is 1. The first kappa shape index (κ1) is 12.9. The van der Waals surface area contributed by atoms with Gasteiger partial charge in [0.15, 0.2) is 0 Å². The van der Waals surface area contributed by atoms with Crippen LogP contribution >= 0.6 is 0 Å². The molecule has 0 fully saturated rings. The maximum atomic E-state index is 8.46. The zero-order chi connectivity index (χ0) is 10.8. The van der Waals surface area contributed by atoms with E-state index in [0.717, 1.165) is 5.75 Å². The van der Waals surface area contributed by atoms with Crippen LogP contribution in [-0.2, 0) is 0 Å². The summed E-state index contributed by atoms with van der Waals surface area (Å²) in [4.78, 5) is 0. The lowest BCUT2D eigenvalue weighted by Gasteiger charge is -2.02. The van der Waals surface area contributed by atoms with Gasteiger partial charge in [0, 0.05) is 6.61 Å². The summed E-state index contributed by atoms with van der Waals surface area (Å²) in [5, 5.41) is 16.0. The molecule has 1 aromatic rings. The van der Waals surface area contributed by atoms with E-state index < -0.39 is 0 Å². The number of benzene rings is 1. The predicted molar refractivity (Wildman–Crippen MR) is 56.5 cm³/mol. The van der Waals surface area contributed by atoms with Gasteiger partial charge in [-0.25, -0.2) is 0 Å². The predicted octanol–water partition coefficient (Wildman–Crippen LogP) is 1.36. The van der Waals surface area contributed by atoms with E-state index in [1.165, 1.54) is 5.56 Å². The van der Waals surface area contributed by atoms with E-state index >= 15 is 0 Å². The van der Waals surface area contributed by atoms with Crippen molar-refractivity contribution >= 4 is 0 Å². The maximum Gasteiger partial charge on any atom is 0.119 e. The van der Waals surface area contributed by atoms with Gasteiger partial charge >= 0.3 is 0 Å². The zero-order valence-corrected chi connectivity index (χ0v) is 8.73. The summed E-state index contributed by atoms with van der Waals surface area (Å²) in [7, 11) is 0. The Hall–Kier alpha value is -1.06. The SMILES string of the molecule is CCO.Cc1ccc(OCCO)cc1. The second-order valence-electron chi connectivity index (χ2n) is 2.70. The lowest BCUT2D eigenvalue weighted by molar-refractivity contribution is 0.201. The molecule has 0 unspecified atom stereocenters. The van der Waals surface area contributed by atoms with Crippen LogP contribution in [0.3, 0.4) is 0 Å². The third kappa shape index (κ3) is 6.46. The smallest absolute Gasteiger partial charge is 0.119 e. The normalized spacial score (nSPS) is 8.86. The van der Waals surface area contributed by atoms with E-state index in [-0.39, 0.29) is 13.2 Å². The monoisotopic (exact) mass is 198 g/mol. The Kier molecular flexibility index (Phi) is 7.89. The molecule has 0 atom stereocenters. The molecule has 0 radical (unpaired) electrons. The van der Waals surface area contributed by atoms with Gasteiger partial charge in [0.25, 0.3) is 0 Å².